The maximum absolute atomic E-state index is 12.4. The fraction of sp³-hybridized carbons (Fsp3) is 0.235. The standard InChI is InChI=1S/C17H20N2O3S/c1-2-3-5-13-8-10-15(11-9-13)19-23(21,22)16-7-4-6-14(12-16)17(18)20/h4,6-12,19H,2-3,5H2,1H3,(H2,18,20). The van der Waals surface area contributed by atoms with Crippen molar-refractivity contribution in [3.8, 4) is 0 Å². The van der Waals surface area contributed by atoms with E-state index in [1.807, 2.05) is 12.1 Å². The Morgan fingerprint density at radius 1 is 1.13 bits per heavy atom. The largest absolute Gasteiger partial charge is 0.366 e. The fourth-order valence-electron chi connectivity index (χ4n) is 2.15. The number of anilines is 1. The zero-order valence-corrected chi connectivity index (χ0v) is 13.8. The van der Waals surface area contributed by atoms with Crippen LogP contribution in [0.2, 0.25) is 0 Å². The van der Waals surface area contributed by atoms with Gasteiger partial charge in [-0.05, 0) is 48.7 Å². The van der Waals surface area contributed by atoms with Crippen molar-refractivity contribution in [3.63, 3.8) is 0 Å². The topological polar surface area (TPSA) is 89.3 Å². The van der Waals surface area contributed by atoms with Gasteiger partial charge in [0.25, 0.3) is 10.0 Å². The van der Waals surface area contributed by atoms with E-state index >= 15 is 0 Å². The van der Waals surface area contributed by atoms with Crippen LogP contribution < -0.4 is 10.5 Å². The predicted molar refractivity (Wildman–Crippen MR) is 90.8 cm³/mol. The first-order valence-electron chi connectivity index (χ1n) is 7.44. The molecule has 0 radical (unpaired) electrons. The molecule has 0 aromatic heterocycles. The van der Waals surface area contributed by atoms with Gasteiger partial charge in [-0.1, -0.05) is 31.5 Å². The van der Waals surface area contributed by atoms with Gasteiger partial charge in [0.05, 0.1) is 4.90 Å². The molecule has 6 heteroatoms. The fourth-order valence-corrected chi connectivity index (χ4v) is 3.26. The summed E-state index contributed by atoms with van der Waals surface area (Å²) in [4.78, 5) is 11.2. The van der Waals surface area contributed by atoms with Gasteiger partial charge in [0.2, 0.25) is 5.91 Å². The minimum atomic E-state index is -3.76. The van der Waals surface area contributed by atoms with Crippen molar-refractivity contribution >= 4 is 21.6 Å². The van der Waals surface area contributed by atoms with E-state index in [1.54, 1.807) is 12.1 Å². The Labute approximate surface area is 136 Å². The van der Waals surface area contributed by atoms with Crippen LogP contribution in [0.5, 0.6) is 0 Å². The maximum Gasteiger partial charge on any atom is 0.261 e. The molecule has 0 aliphatic carbocycles. The highest BCUT2D eigenvalue weighted by Gasteiger charge is 2.15. The molecular formula is C17H20N2O3S. The van der Waals surface area contributed by atoms with E-state index < -0.39 is 15.9 Å². The van der Waals surface area contributed by atoms with Crippen LogP contribution in [0.3, 0.4) is 0 Å². The van der Waals surface area contributed by atoms with Crippen LogP contribution in [0.15, 0.2) is 53.4 Å². The lowest BCUT2D eigenvalue weighted by atomic mass is 10.1. The van der Waals surface area contributed by atoms with Gasteiger partial charge >= 0.3 is 0 Å². The van der Waals surface area contributed by atoms with Gasteiger partial charge < -0.3 is 5.73 Å². The third-order valence-electron chi connectivity index (χ3n) is 3.45. The van der Waals surface area contributed by atoms with Crippen LogP contribution in [0.25, 0.3) is 0 Å². The van der Waals surface area contributed by atoms with Gasteiger partial charge in [-0.25, -0.2) is 8.42 Å². The highest BCUT2D eigenvalue weighted by molar-refractivity contribution is 7.92. The minimum Gasteiger partial charge on any atom is -0.366 e. The lowest BCUT2D eigenvalue weighted by Crippen LogP contribution is -2.15. The first-order valence-corrected chi connectivity index (χ1v) is 8.92. The van der Waals surface area contributed by atoms with Gasteiger partial charge in [0.15, 0.2) is 0 Å². The third kappa shape index (κ3) is 4.56. The van der Waals surface area contributed by atoms with Crippen molar-refractivity contribution in [1.29, 1.82) is 0 Å². The summed E-state index contributed by atoms with van der Waals surface area (Å²) in [7, 11) is -3.76. The lowest BCUT2D eigenvalue weighted by Gasteiger charge is -2.09. The number of sulfonamides is 1. The number of hydrogen-bond acceptors (Lipinski definition) is 3. The molecular weight excluding hydrogens is 312 g/mol. The molecule has 0 aliphatic heterocycles. The van der Waals surface area contributed by atoms with Gasteiger partial charge in [-0.3, -0.25) is 9.52 Å². The molecule has 0 heterocycles. The molecule has 0 bridgehead atoms. The number of aryl methyl sites for hydroxylation is 1. The first-order chi connectivity index (χ1) is 10.9. The quantitative estimate of drug-likeness (QED) is 0.817. The minimum absolute atomic E-state index is 0.00357. The van der Waals surface area contributed by atoms with Gasteiger partial charge in [-0.2, -0.15) is 0 Å². The highest BCUT2D eigenvalue weighted by Crippen LogP contribution is 2.18. The van der Waals surface area contributed by atoms with Crippen LogP contribution >= 0.6 is 0 Å². The van der Waals surface area contributed by atoms with Gasteiger partial charge in [-0.15, -0.1) is 0 Å². The molecule has 23 heavy (non-hydrogen) atoms. The zero-order valence-electron chi connectivity index (χ0n) is 13.0. The van der Waals surface area contributed by atoms with Crippen molar-refractivity contribution in [2.24, 2.45) is 5.73 Å². The second-order valence-corrected chi connectivity index (χ2v) is 6.98. The second kappa shape index (κ2) is 7.28. The van der Waals surface area contributed by atoms with E-state index in [0.717, 1.165) is 19.3 Å². The molecule has 122 valence electrons. The molecule has 0 unspecified atom stereocenters. The van der Waals surface area contributed by atoms with E-state index in [2.05, 4.69) is 11.6 Å². The van der Waals surface area contributed by atoms with Crippen LogP contribution in [-0.2, 0) is 16.4 Å². The second-order valence-electron chi connectivity index (χ2n) is 5.30. The molecule has 0 saturated heterocycles. The van der Waals surface area contributed by atoms with E-state index in [-0.39, 0.29) is 10.5 Å². The first kappa shape index (κ1) is 17.0. The highest BCUT2D eigenvalue weighted by atomic mass is 32.2. The van der Waals surface area contributed by atoms with Crippen LogP contribution in [0.4, 0.5) is 5.69 Å². The summed E-state index contributed by atoms with van der Waals surface area (Å²) in [5.74, 6) is -0.665. The average Bonchev–Trinajstić information content (AvgIpc) is 2.54. The number of primary amides is 1. The van der Waals surface area contributed by atoms with E-state index in [1.165, 1.54) is 29.8 Å². The SMILES string of the molecule is CCCCc1ccc(NS(=O)(=O)c2cccc(C(N)=O)c2)cc1. The Bertz CT molecular complexity index is 784. The number of benzene rings is 2. The van der Waals surface area contributed by atoms with Crippen LogP contribution in [0, 0.1) is 0 Å². The number of rotatable bonds is 7. The number of hydrogen-bond donors (Lipinski definition) is 2. The Morgan fingerprint density at radius 2 is 1.83 bits per heavy atom. The third-order valence-corrected chi connectivity index (χ3v) is 4.83. The molecule has 0 fully saturated rings. The summed E-state index contributed by atoms with van der Waals surface area (Å²) < 4.78 is 27.2. The molecule has 0 spiro atoms. The van der Waals surface area contributed by atoms with Crippen molar-refractivity contribution in [2.75, 3.05) is 4.72 Å². The Balaban J connectivity index is 2.17. The lowest BCUT2D eigenvalue weighted by molar-refractivity contribution is 0.1000. The van der Waals surface area contributed by atoms with Crippen molar-refractivity contribution in [1.82, 2.24) is 0 Å². The summed E-state index contributed by atoms with van der Waals surface area (Å²) in [5, 5.41) is 0. The monoisotopic (exact) mass is 332 g/mol. The number of unbranched alkanes of at least 4 members (excludes halogenated alkanes) is 1. The summed E-state index contributed by atoms with van der Waals surface area (Å²) in [6.07, 6.45) is 3.19. The van der Waals surface area contributed by atoms with Crippen molar-refractivity contribution in [3.05, 3.63) is 59.7 Å². The van der Waals surface area contributed by atoms with E-state index in [0.29, 0.717) is 5.69 Å². The molecule has 0 saturated carbocycles. The van der Waals surface area contributed by atoms with Crippen LogP contribution in [0.1, 0.15) is 35.7 Å². The Morgan fingerprint density at radius 3 is 2.43 bits per heavy atom. The number of carbonyl (C=O) groups is 1. The zero-order chi connectivity index (χ0) is 16.9. The number of carbonyl (C=O) groups excluding carboxylic acids is 1. The van der Waals surface area contributed by atoms with Gasteiger partial charge in [0.1, 0.15) is 0 Å². The number of nitrogens with one attached hydrogen (secondary N) is 1. The van der Waals surface area contributed by atoms with Gasteiger partial charge in [0, 0.05) is 11.3 Å². The number of amides is 1. The maximum atomic E-state index is 12.4. The van der Waals surface area contributed by atoms with E-state index in [9.17, 15) is 13.2 Å². The summed E-state index contributed by atoms with van der Waals surface area (Å²) in [5.41, 5.74) is 6.99. The van der Waals surface area contributed by atoms with E-state index in [4.69, 9.17) is 5.73 Å². The van der Waals surface area contributed by atoms with Crippen molar-refractivity contribution < 1.29 is 13.2 Å². The number of nitrogens with two attached hydrogens (primary N) is 1. The Hall–Kier alpha value is -2.34. The summed E-state index contributed by atoms with van der Waals surface area (Å²) in [6, 6.07) is 12.9. The molecule has 2 aromatic rings. The molecule has 5 nitrogen and oxygen atoms in total. The molecule has 0 aliphatic rings. The van der Waals surface area contributed by atoms with Crippen LogP contribution in [-0.4, -0.2) is 14.3 Å². The van der Waals surface area contributed by atoms with Crippen molar-refractivity contribution in [2.45, 2.75) is 31.1 Å². The molecule has 2 aromatic carbocycles. The normalized spacial score (nSPS) is 11.2. The smallest absolute Gasteiger partial charge is 0.261 e. The Kier molecular flexibility index (Phi) is 5.39. The molecule has 3 N–H and O–H groups in total. The molecule has 1 amide bonds. The summed E-state index contributed by atoms with van der Waals surface area (Å²) >= 11 is 0. The summed E-state index contributed by atoms with van der Waals surface area (Å²) in [6.45, 7) is 2.13. The average molecular weight is 332 g/mol. The predicted octanol–water partition coefficient (Wildman–Crippen LogP) is 2.93. The molecule has 0 atom stereocenters. The molecule has 2 rings (SSSR count).